The van der Waals surface area contributed by atoms with E-state index >= 15 is 0 Å². The van der Waals surface area contributed by atoms with Crippen LogP contribution in [0.1, 0.15) is 16.2 Å². The van der Waals surface area contributed by atoms with Crippen molar-refractivity contribution in [2.45, 2.75) is 0 Å². The molecule has 1 rings (SSSR count). The first-order valence-corrected chi connectivity index (χ1v) is 3.57. The molecule has 0 fully saturated rings. The molecule has 0 saturated heterocycles. The van der Waals surface area contributed by atoms with Crippen molar-refractivity contribution in [1.29, 1.82) is 0 Å². The summed E-state index contributed by atoms with van der Waals surface area (Å²) in [5.74, 6) is -1.39. The fraction of sp³-hybridized carbons (Fsp3) is 0.125. The van der Waals surface area contributed by atoms with Crippen molar-refractivity contribution in [1.82, 2.24) is 9.97 Å². The van der Waals surface area contributed by atoms with Gasteiger partial charge in [0, 0.05) is 18.0 Å². The number of rotatable bonds is 3. The van der Waals surface area contributed by atoms with Crippen LogP contribution in [0.5, 0.6) is 0 Å². The largest absolute Gasteiger partial charge is 0.475 e. The van der Waals surface area contributed by atoms with Crippen LogP contribution in [0.25, 0.3) is 6.08 Å². The Hall–Kier alpha value is -1.75. The molecule has 1 aromatic heterocycles. The number of aromatic carboxylic acids is 1. The van der Waals surface area contributed by atoms with Crippen molar-refractivity contribution < 1.29 is 15.0 Å². The van der Waals surface area contributed by atoms with Crippen LogP contribution in [0, 0.1) is 0 Å². The highest BCUT2D eigenvalue weighted by Crippen LogP contribution is 1.98. The predicted octanol–water partition coefficient (Wildman–Crippen LogP) is 0.180. The van der Waals surface area contributed by atoms with E-state index in [1.807, 2.05) is 0 Å². The van der Waals surface area contributed by atoms with Crippen LogP contribution in [0.15, 0.2) is 18.5 Å². The quantitative estimate of drug-likeness (QED) is 0.693. The first kappa shape index (κ1) is 9.34. The molecule has 0 unspecified atom stereocenters. The summed E-state index contributed by atoms with van der Waals surface area (Å²) in [6.45, 7) is -0.0688. The third kappa shape index (κ3) is 2.64. The molecule has 2 N–H and O–H groups in total. The molecule has 0 saturated carbocycles. The lowest BCUT2D eigenvalue weighted by molar-refractivity contribution is 0.0683. The van der Waals surface area contributed by atoms with E-state index in [-0.39, 0.29) is 12.4 Å². The fourth-order valence-corrected chi connectivity index (χ4v) is 0.723. The van der Waals surface area contributed by atoms with E-state index in [2.05, 4.69) is 9.97 Å². The first-order valence-electron chi connectivity index (χ1n) is 3.57. The number of hydrogen-bond acceptors (Lipinski definition) is 4. The molecule has 1 aromatic rings. The minimum Gasteiger partial charge on any atom is -0.475 e. The van der Waals surface area contributed by atoms with Crippen LogP contribution in [0.2, 0.25) is 0 Å². The van der Waals surface area contributed by atoms with Crippen molar-refractivity contribution in [2.75, 3.05) is 6.61 Å². The maximum Gasteiger partial charge on any atom is 0.373 e. The predicted molar refractivity (Wildman–Crippen MR) is 45.1 cm³/mol. The van der Waals surface area contributed by atoms with Crippen molar-refractivity contribution in [3.63, 3.8) is 0 Å². The Kier molecular flexibility index (Phi) is 3.10. The minimum atomic E-state index is -1.15. The molecule has 0 aromatic carbocycles. The summed E-state index contributed by atoms with van der Waals surface area (Å²) in [5, 5.41) is 16.9. The van der Waals surface area contributed by atoms with E-state index in [1.165, 1.54) is 18.5 Å². The molecule has 0 bridgehead atoms. The van der Waals surface area contributed by atoms with Gasteiger partial charge in [0.15, 0.2) is 0 Å². The molecule has 13 heavy (non-hydrogen) atoms. The van der Waals surface area contributed by atoms with E-state index in [0.717, 1.165) is 0 Å². The molecule has 0 spiro atoms. The maximum absolute atomic E-state index is 10.3. The Labute approximate surface area is 74.4 Å². The Bertz CT molecular complexity index is 319. The van der Waals surface area contributed by atoms with Gasteiger partial charge >= 0.3 is 5.97 Å². The third-order valence-electron chi connectivity index (χ3n) is 1.28. The molecule has 68 valence electrons. The van der Waals surface area contributed by atoms with E-state index in [0.29, 0.717) is 5.56 Å². The third-order valence-corrected chi connectivity index (χ3v) is 1.28. The number of hydrogen-bond donors (Lipinski definition) is 2. The zero-order valence-electron chi connectivity index (χ0n) is 6.71. The van der Waals surface area contributed by atoms with Crippen molar-refractivity contribution in [3.8, 4) is 0 Å². The van der Waals surface area contributed by atoms with Gasteiger partial charge in [-0.1, -0.05) is 12.2 Å². The number of carbonyl (C=O) groups is 1. The SMILES string of the molecule is O=C(O)c1ncc(C=CCO)cn1. The van der Waals surface area contributed by atoms with Crippen LogP contribution in [0.3, 0.4) is 0 Å². The highest BCUT2D eigenvalue weighted by atomic mass is 16.4. The molecule has 5 nitrogen and oxygen atoms in total. The Balaban J connectivity index is 2.81. The van der Waals surface area contributed by atoms with E-state index < -0.39 is 5.97 Å². The lowest BCUT2D eigenvalue weighted by atomic mass is 10.3. The summed E-state index contributed by atoms with van der Waals surface area (Å²) < 4.78 is 0. The molecule has 0 aliphatic rings. The van der Waals surface area contributed by atoms with Gasteiger partial charge in [0.25, 0.3) is 0 Å². The smallest absolute Gasteiger partial charge is 0.373 e. The standard InChI is InChI=1S/C8H8N2O3/c11-3-1-2-6-4-9-7(8(12)13)10-5-6/h1-2,4-5,11H,3H2,(H,12,13). The molecular weight excluding hydrogens is 172 g/mol. The van der Waals surface area contributed by atoms with E-state index in [9.17, 15) is 4.79 Å². The summed E-state index contributed by atoms with van der Waals surface area (Å²) in [4.78, 5) is 17.5. The van der Waals surface area contributed by atoms with Crippen molar-refractivity contribution >= 4 is 12.0 Å². The molecule has 0 aliphatic heterocycles. The number of aliphatic hydroxyl groups is 1. The highest BCUT2D eigenvalue weighted by molar-refractivity contribution is 5.82. The fourth-order valence-electron chi connectivity index (χ4n) is 0.723. The Morgan fingerprint density at radius 2 is 2.08 bits per heavy atom. The van der Waals surface area contributed by atoms with E-state index in [1.54, 1.807) is 6.08 Å². The molecule has 0 amide bonds. The summed E-state index contributed by atoms with van der Waals surface area (Å²) in [7, 11) is 0. The molecule has 0 atom stereocenters. The number of aliphatic hydroxyl groups excluding tert-OH is 1. The van der Waals surface area contributed by atoms with Crippen molar-refractivity contribution in [2.24, 2.45) is 0 Å². The Morgan fingerprint density at radius 3 is 2.54 bits per heavy atom. The second-order valence-corrected chi connectivity index (χ2v) is 2.23. The molecule has 0 radical (unpaired) electrons. The van der Waals surface area contributed by atoms with Gasteiger partial charge in [-0.3, -0.25) is 0 Å². The lowest BCUT2D eigenvalue weighted by Crippen LogP contribution is -2.02. The van der Waals surface area contributed by atoms with Gasteiger partial charge in [0.1, 0.15) is 0 Å². The zero-order valence-corrected chi connectivity index (χ0v) is 6.71. The normalized spacial score (nSPS) is 10.5. The molecular formula is C8H8N2O3. The van der Waals surface area contributed by atoms with Gasteiger partial charge in [-0.15, -0.1) is 0 Å². The van der Waals surface area contributed by atoms with Gasteiger partial charge in [-0.25, -0.2) is 14.8 Å². The van der Waals surface area contributed by atoms with E-state index in [4.69, 9.17) is 10.2 Å². The number of nitrogens with zero attached hydrogens (tertiary/aromatic N) is 2. The first-order chi connectivity index (χ1) is 6.24. The maximum atomic E-state index is 10.3. The van der Waals surface area contributed by atoms with Gasteiger partial charge < -0.3 is 10.2 Å². The summed E-state index contributed by atoms with van der Waals surface area (Å²) in [6.07, 6.45) is 5.87. The number of aromatic nitrogens is 2. The summed E-state index contributed by atoms with van der Waals surface area (Å²) in [5.41, 5.74) is 0.652. The molecule has 1 heterocycles. The van der Waals surface area contributed by atoms with Crippen LogP contribution in [-0.4, -0.2) is 32.8 Å². The second kappa shape index (κ2) is 4.32. The lowest BCUT2D eigenvalue weighted by Gasteiger charge is -1.93. The Morgan fingerprint density at radius 1 is 1.46 bits per heavy atom. The van der Waals surface area contributed by atoms with Crippen molar-refractivity contribution in [3.05, 3.63) is 29.9 Å². The average Bonchev–Trinajstić information content (AvgIpc) is 2.15. The molecule has 5 heteroatoms. The summed E-state index contributed by atoms with van der Waals surface area (Å²) >= 11 is 0. The monoisotopic (exact) mass is 180 g/mol. The summed E-state index contributed by atoms with van der Waals surface area (Å²) in [6, 6.07) is 0. The highest BCUT2D eigenvalue weighted by Gasteiger charge is 2.03. The van der Waals surface area contributed by atoms with Gasteiger partial charge in [-0.05, 0) is 0 Å². The van der Waals surface area contributed by atoms with Gasteiger partial charge in [0.2, 0.25) is 5.82 Å². The van der Waals surface area contributed by atoms with Gasteiger partial charge in [-0.2, -0.15) is 0 Å². The van der Waals surface area contributed by atoms with Crippen LogP contribution in [-0.2, 0) is 0 Å². The van der Waals surface area contributed by atoms with Crippen LogP contribution < -0.4 is 0 Å². The minimum absolute atomic E-state index is 0.0688. The zero-order chi connectivity index (χ0) is 9.68. The number of carboxylic acid groups (broad SMARTS) is 1. The second-order valence-electron chi connectivity index (χ2n) is 2.23. The van der Waals surface area contributed by atoms with Crippen LogP contribution >= 0.6 is 0 Å². The molecule has 0 aliphatic carbocycles. The number of carboxylic acids is 1. The topological polar surface area (TPSA) is 83.3 Å². The van der Waals surface area contributed by atoms with Gasteiger partial charge in [0.05, 0.1) is 6.61 Å². The van der Waals surface area contributed by atoms with Crippen LogP contribution in [0.4, 0.5) is 0 Å². The average molecular weight is 180 g/mol.